The summed E-state index contributed by atoms with van der Waals surface area (Å²) < 4.78 is 13.7. The molecule has 1 unspecified atom stereocenters. The molecule has 2 aromatic carbocycles. The van der Waals surface area contributed by atoms with E-state index in [1.165, 1.54) is 6.07 Å². The highest BCUT2D eigenvalue weighted by Crippen LogP contribution is 2.21. The summed E-state index contributed by atoms with van der Waals surface area (Å²) in [5.41, 5.74) is 6.78. The van der Waals surface area contributed by atoms with Crippen molar-refractivity contribution in [3.05, 3.63) is 71.0 Å². The normalized spacial score (nSPS) is 16.1. The van der Waals surface area contributed by atoms with Gasteiger partial charge < -0.3 is 15.5 Å². The number of nitrogens with zero attached hydrogens (tertiary/aromatic N) is 2. The Morgan fingerprint density at radius 3 is 2.14 bits per heavy atom. The standard InChI is InChI=1S/C21H24FN3O2.ClH/c1-15-8-9-16(14-18(15)22)19(26)24-10-12-25(13-11-24)20(27)21(2,23)17-6-4-3-5-7-17;/h3-9,14H,10-13,23H2,1-2H3;1H. The van der Waals surface area contributed by atoms with E-state index >= 15 is 0 Å². The van der Waals surface area contributed by atoms with Crippen LogP contribution < -0.4 is 5.73 Å². The zero-order valence-electron chi connectivity index (χ0n) is 16.0. The Kier molecular flexibility index (Phi) is 6.80. The maximum Gasteiger partial charge on any atom is 0.254 e. The topological polar surface area (TPSA) is 66.6 Å². The van der Waals surface area contributed by atoms with Crippen molar-refractivity contribution >= 4 is 24.2 Å². The molecule has 0 radical (unpaired) electrons. The predicted octanol–water partition coefficient (Wildman–Crippen LogP) is 2.71. The van der Waals surface area contributed by atoms with Crippen molar-refractivity contribution in [2.45, 2.75) is 19.4 Å². The van der Waals surface area contributed by atoms with Gasteiger partial charge in [0.15, 0.2) is 0 Å². The summed E-state index contributed by atoms with van der Waals surface area (Å²) in [7, 11) is 0. The molecule has 1 aliphatic rings. The first-order valence-corrected chi connectivity index (χ1v) is 9.00. The third-order valence-corrected chi connectivity index (χ3v) is 5.09. The summed E-state index contributed by atoms with van der Waals surface area (Å²) in [5, 5.41) is 0. The number of hydrogen-bond donors (Lipinski definition) is 1. The summed E-state index contributed by atoms with van der Waals surface area (Å²) in [4.78, 5) is 28.8. The number of benzene rings is 2. The molecular weight excluding hydrogens is 381 g/mol. The number of aryl methyl sites for hydroxylation is 1. The number of piperazine rings is 1. The Morgan fingerprint density at radius 1 is 1.00 bits per heavy atom. The van der Waals surface area contributed by atoms with Gasteiger partial charge in [-0.15, -0.1) is 12.4 Å². The van der Waals surface area contributed by atoms with Crippen molar-refractivity contribution in [1.82, 2.24) is 9.80 Å². The summed E-state index contributed by atoms with van der Waals surface area (Å²) >= 11 is 0. The van der Waals surface area contributed by atoms with Gasteiger partial charge in [0.05, 0.1) is 0 Å². The van der Waals surface area contributed by atoms with E-state index in [1.54, 1.807) is 35.8 Å². The molecule has 1 fully saturated rings. The van der Waals surface area contributed by atoms with Crippen LogP contribution in [0.4, 0.5) is 4.39 Å². The maximum absolute atomic E-state index is 13.7. The first kappa shape index (κ1) is 21.9. The van der Waals surface area contributed by atoms with Crippen LogP contribution in [-0.2, 0) is 10.3 Å². The maximum atomic E-state index is 13.7. The van der Waals surface area contributed by atoms with Crippen LogP contribution in [0.2, 0.25) is 0 Å². The van der Waals surface area contributed by atoms with Crippen LogP contribution in [0.5, 0.6) is 0 Å². The zero-order chi connectivity index (χ0) is 19.6. The van der Waals surface area contributed by atoms with Crippen LogP contribution in [0.1, 0.15) is 28.4 Å². The van der Waals surface area contributed by atoms with Crippen LogP contribution >= 0.6 is 12.4 Å². The molecule has 1 atom stereocenters. The lowest BCUT2D eigenvalue weighted by molar-refractivity contribution is -0.138. The fourth-order valence-electron chi connectivity index (χ4n) is 3.26. The second-order valence-electron chi connectivity index (χ2n) is 7.12. The van der Waals surface area contributed by atoms with Gasteiger partial charge in [0.25, 0.3) is 5.91 Å². The Morgan fingerprint density at radius 2 is 1.57 bits per heavy atom. The molecular formula is C21H25ClFN3O2. The van der Waals surface area contributed by atoms with E-state index in [0.717, 1.165) is 5.56 Å². The number of carbonyl (C=O) groups excluding carboxylic acids is 2. The third kappa shape index (κ3) is 4.34. The van der Waals surface area contributed by atoms with Gasteiger partial charge in [0.2, 0.25) is 5.91 Å². The summed E-state index contributed by atoms with van der Waals surface area (Å²) in [6.45, 7) is 4.95. The molecule has 0 aliphatic carbocycles. The Bertz CT molecular complexity index is 850. The van der Waals surface area contributed by atoms with Crippen molar-refractivity contribution in [3.8, 4) is 0 Å². The van der Waals surface area contributed by atoms with Gasteiger partial charge in [-0.1, -0.05) is 36.4 Å². The molecule has 150 valence electrons. The Balaban J connectivity index is 0.00000280. The summed E-state index contributed by atoms with van der Waals surface area (Å²) in [6, 6.07) is 13.7. The van der Waals surface area contributed by atoms with Gasteiger partial charge in [-0.3, -0.25) is 9.59 Å². The van der Waals surface area contributed by atoms with E-state index in [0.29, 0.717) is 37.3 Å². The fraction of sp³-hybridized carbons (Fsp3) is 0.333. The van der Waals surface area contributed by atoms with Crippen LogP contribution in [-0.4, -0.2) is 47.8 Å². The van der Waals surface area contributed by atoms with Gasteiger partial charge in [-0.25, -0.2) is 4.39 Å². The van der Waals surface area contributed by atoms with E-state index in [1.807, 2.05) is 30.3 Å². The number of rotatable bonds is 3. The number of amides is 2. The molecule has 0 spiro atoms. The van der Waals surface area contributed by atoms with Crippen molar-refractivity contribution in [3.63, 3.8) is 0 Å². The van der Waals surface area contributed by atoms with Crippen LogP contribution in [0.3, 0.4) is 0 Å². The second kappa shape index (κ2) is 8.71. The molecule has 0 bridgehead atoms. The largest absolute Gasteiger partial charge is 0.337 e. The van der Waals surface area contributed by atoms with Crippen molar-refractivity contribution in [1.29, 1.82) is 0 Å². The predicted molar refractivity (Wildman–Crippen MR) is 109 cm³/mol. The highest BCUT2D eigenvalue weighted by Gasteiger charge is 2.36. The summed E-state index contributed by atoms with van der Waals surface area (Å²) in [5.74, 6) is -0.779. The van der Waals surface area contributed by atoms with E-state index in [-0.39, 0.29) is 24.2 Å². The minimum atomic E-state index is -1.12. The molecule has 28 heavy (non-hydrogen) atoms. The third-order valence-electron chi connectivity index (χ3n) is 5.09. The molecule has 5 nitrogen and oxygen atoms in total. The first-order valence-electron chi connectivity index (χ1n) is 9.00. The van der Waals surface area contributed by atoms with Gasteiger partial charge in [0, 0.05) is 31.7 Å². The monoisotopic (exact) mass is 405 g/mol. The minimum absolute atomic E-state index is 0. The molecule has 0 saturated carbocycles. The number of halogens is 2. The molecule has 3 rings (SSSR count). The molecule has 7 heteroatoms. The van der Waals surface area contributed by atoms with Crippen molar-refractivity contribution < 1.29 is 14.0 Å². The van der Waals surface area contributed by atoms with Gasteiger partial charge in [-0.2, -0.15) is 0 Å². The van der Waals surface area contributed by atoms with Crippen LogP contribution in [0.25, 0.3) is 0 Å². The second-order valence-corrected chi connectivity index (χ2v) is 7.12. The lowest BCUT2D eigenvalue weighted by Crippen LogP contribution is -2.57. The first-order chi connectivity index (χ1) is 12.8. The molecule has 2 aromatic rings. The zero-order valence-corrected chi connectivity index (χ0v) is 16.8. The van der Waals surface area contributed by atoms with Gasteiger partial charge in [-0.05, 0) is 37.1 Å². The number of nitrogens with two attached hydrogens (primary N) is 1. The molecule has 0 aromatic heterocycles. The van der Waals surface area contributed by atoms with Crippen LogP contribution in [0.15, 0.2) is 48.5 Å². The molecule has 2 amide bonds. The van der Waals surface area contributed by atoms with E-state index < -0.39 is 11.4 Å². The van der Waals surface area contributed by atoms with E-state index in [2.05, 4.69) is 0 Å². The Labute approximate surface area is 170 Å². The smallest absolute Gasteiger partial charge is 0.254 e. The molecule has 1 heterocycles. The lowest BCUT2D eigenvalue weighted by Gasteiger charge is -2.38. The lowest BCUT2D eigenvalue weighted by atomic mass is 9.91. The van der Waals surface area contributed by atoms with E-state index in [9.17, 15) is 14.0 Å². The van der Waals surface area contributed by atoms with E-state index in [4.69, 9.17) is 5.73 Å². The van der Waals surface area contributed by atoms with Gasteiger partial charge >= 0.3 is 0 Å². The number of carbonyl (C=O) groups is 2. The van der Waals surface area contributed by atoms with Crippen molar-refractivity contribution in [2.24, 2.45) is 5.73 Å². The molecule has 2 N–H and O–H groups in total. The quantitative estimate of drug-likeness (QED) is 0.853. The highest BCUT2D eigenvalue weighted by molar-refractivity contribution is 5.94. The molecule has 1 saturated heterocycles. The van der Waals surface area contributed by atoms with Gasteiger partial charge in [0.1, 0.15) is 11.4 Å². The van der Waals surface area contributed by atoms with Crippen LogP contribution in [0, 0.1) is 12.7 Å². The average molecular weight is 406 g/mol. The number of hydrogen-bond acceptors (Lipinski definition) is 3. The van der Waals surface area contributed by atoms with Crippen molar-refractivity contribution in [2.75, 3.05) is 26.2 Å². The fourth-order valence-corrected chi connectivity index (χ4v) is 3.26. The minimum Gasteiger partial charge on any atom is -0.337 e. The SMILES string of the molecule is Cc1ccc(C(=O)N2CCN(C(=O)C(C)(N)c3ccccc3)CC2)cc1F.Cl. The summed E-state index contributed by atoms with van der Waals surface area (Å²) in [6.07, 6.45) is 0. The molecule has 1 aliphatic heterocycles. The highest BCUT2D eigenvalue weighted by atomic mass is 35.5. The average Bonchev–Trinajstić information content (AvgIpc) is 2.69. The Hall–Kier alpha value is -2.44.